The van der Waals surface area contributed by atoms with Gasteiger partial charge in [0.05, 0.1) is 0 Å². The van der Waals surface area contributed by atoms with Crippen LogP contribution in [0.15, 0.2) is 0 Å². The normalized spacial score (nSPS) is 4.00. The largest absolute Gasteiger partial charge is 0.412 e. The zero-order chi connectivity index (χ0) is 3.58. The molecule has 0 aromatic carbocycles. The van der Waals surface area contributed by atoms with Gasteiger partial charge in [-0.2, -0.15) is 0 Å². The van der Waals surface area contributed by atoms with E-state index in [9.17, 15) is 0 Å². The summed E-state index contributed by atoms with van der Waals surface area (Å²) >= 11 is 0. The fourth-order valence-corrected chi connectivity index (χ4v) is 0. The van der Waals surface area contributed by atoms with Crippen LogP contribution in [0.2, 0.25) is 0 Å². The van der Waals surface area contributed by atoms with E-state index in [4.69, 9.17) is 15.3 Å². The van der Waals surface area contributed by atoms with Crippen molar-refractivity contribution in [3.8, 4) is 0 Å². The van der Waals surface area contributed by atoms with E-state index in [1.807, 2.05) is 0 Å². The number of hydrogen-bond donors (Lipinski definition) is 1. The number of nitrogens with zero attached hydrogens (tertiary/aromatic N) is 1. The molecule has 3 N–H and O–H groups in total. The molecule has 0 radical (unpaired) electrons. The monoisotopic (exact) mass is 255 g/mol. The Bertz CT molecular complexity index is 30.5. The molecule has 0 atom stereocenters. The van der Waals surface area contributed by atoms with Crippen molar-refractivity contribution in [2.24, 2.45) is 0 Å². The molecule has 0 saturated carbocycles. The summed E-state index contributed by atoms with van der Waals surface area (Å²) in [6, 6.07) is 0. The summed E-state index contributed by atoms with van der Waals surface area (Å²) in [4.78, 5) is 8.36. The summed E-state index contributed by atoms with van der Waals surface area (Å²) < 4.78 is 0. The Morgan fingerprint density at radius 2 is 1.67 bits per heavy atom. The van der Waals surface area contributed by atoms with Crippen LogP contribution in [0.25, 0.3) is 0 Å². The van der Waals surface area contributed by atoms with Gasteiger partial charge in [0.15, 0.2) is 0 Å². The number of hydrogen-bond acceptors (Lipinski definition) is 2. The zero-order valence-electron chi connectivity index (χ0n) is 2.48. The van der Waals surface area contributed by atoms with Crippen molar-refractivity contribution >= 4 is 0 Å². The maximum atomic E-state index is 8.36. The molecule has 0 rings (SSSR count). The van der Waals surface area contributed by atoms with Crippen molar-refractivity contribution in [2.45, 2.75) is 0 Å². The summed E-state index contributed by atoms with van der Waals surface area (Å²) in [5.74, 6) is 0. The summed E-state index contributed by atoms with van der Waals surface area (Å²) in [5, 5.41) is 13.6. The average Bonchev–Trinajstić information content (AvgIpc) is 0.811. The second-order valence-electron chi connectivity index (χ2n) is 0.238. The van der Waals surface area contributed by atoms with Crippen molar-refractivity contribution in [3.63, 3.8) is 0 Å². The first-order chi connectivity index (χ1) is 1.73. The van der Waals surface area contributed by atoms with Gasteiger partial charge in [-0.15, -0.1) is 10.1 Å². The van der Waals surface area contributed by atoms with Crippen LogP contribution >= 0.6 is 0 Å². The molecule has 0 aromatic heterocycles. The van der Waals surface area contributed by atoms with E-state index in [0.29, 0.717) is 0 Å². The van der Waals surface area contributed by atoms with Gasteiger partial charge in [-0.25, -0.2) is 0 Å². The predicted molar refractivity (Wildman–Crippen MR) is 12.4 cm³/mol. The molecule has 0 aliphatic rings. The van der Waals surface area contributed by atoms with Gasteiger partial charge in [-0.05, 0) is 0 Å². The standard InChI is InChI=1S/HNO3.H2O.Yb/c2-1(3)4;;/h(H,2,3,4);1H2;. The van der Waals surface area contributed by atoms with Gasteiger partial charge < -0.3 is 10.7 Å². The smallest absolute Gasteiger partial charge is 0.291 e. The minimum atomic E-state index is -1.50. The predicted octanol–water partition coefficient (Wildman–Crippen LogP) is -1.17. The molecular weight excluding hydrogens is 251 g/mol. The van der Waals surface area contributed by atoms with Gasteiger partial charge >= 0.3 is 0 Å². The van der Waals surface area contributed by atoms with Crippen molar-refractivity contribution in [1.82, 2.24) is 0 Å². The van der Waals surface area contributed by atoms with Crippen molar-refractivity contribution in [1.29, 1.82) is 0 Å². The Hall–Kier alpha value is 0.679. The van der Waals surface area contributed by atoms with Crippen LogP contribution in [0.5, 0.6) is 0 Å². The van der Waals surface area contributed by atoms with Crippen molar-refractivity contribution < 1.29 is 62.7 Å². The zero-order valence-corrected chi connectivity index (χ0v) is 4.19. The molecule has 0 amide bonds. The topological polar surface area (TPSA) is 94.9 Å². The molecule has 0 unspecified atom stereocenters. The molecule has 0 fully saturated rings. The quantitative estimate of drug-likeness (QED) is 0.435. The first kappa shape index (κ1) is 15.9. The Labute approximate surface area is 72.0 Å². The molecular formula is H3NO4Yb. The van der Waals surface area contributed by atoms with Gasteiger partial charge in [-0.1, -0.05) is 0 Å². The first-order valence-corrected chi connectivity index (χ1v) is 0.565. The van der Waals surface area contributed by atoms with Gasteiger partial charge in [0.25, 0.3) is 5.09 Å². The second-order valence-corrected chi connectivity index (χ2v) is 0.238. The Morgan fingerprint density at radius 1 is 1.67 bits per heavy atom. The third-order valence-electron chi connectivity index (χ3n) is 0. The molecule has 0 bridgehead atoms. The van der Waals surface area contributed by atoms with Crippen LogP contribution in [-0.4, -0.2) is 15.8 Å². The van der Waals surface area contributed by atoms with Gasteiger partial charge in [-0.3, -0.25) is 0 Å². The van der Waals surface area contributed by atoms with E-state index in [0.717, 1.165) is 0 Å². The molecule has 6 heteroatoms. The van der Waals surface area contributed by atoms with Gasteiger partial charge in [0, 0.05) is 46.9 Å². The van der Waals surface area contributed by atoms with Crippen LogP contribution in [0.3, 0.4) is 0 Å². The molecule has 5 nitrogen and oxygen atoms in total. The Morgan fingerprint density at radius 3 is 1.67 bits per heavy atom. The first-order valence-electron chi connectivity index (χ1n) is 0.565. The van der Waals surface area contributed by atoms with E-state index in [1.165, 1.54) is 0 Å². The maximum Gasteiger partial charge on any atom is 0.291 e. The van der Waals surface area contributed by atoms with Crippen LogP contribution in [0.4, 0.5) is 0 Å². The van der Waals surface area contributed by atoms with Crippen molar-refractivity contribution in [2.75, 3.05) is 0 Å². The van der Waals surface area contributed by atoms with Crippen LogP contribution in [0, 0.1) is 57.0 Å². The summed E-state index contributed by atoms with van der Waals surface area (Å²) in [7, 11) is 0. The van der Waals surface area contributed by atoms with E-state index in [-0.39, 0.29) is 52.4 Å². The average molecular weight is 254 g/mol. The fraction of sp³-hybridized carbons (Fsp3) is 0. The summed E-state index contributed by atoms with van der Waals surface area (Å²) in [6.45, 7) is 0. The minimum Gasteiger partial charge on any atom is -0.412 e. The van der Waals surface area contributed by atoms with Crippen LogP contribution in [0.1, 0.15) is 0 Å². The summed E-state index contributed by atoms with van der Waals surface area (Å²) in [6.07, 6.45) is 0. The van der Waals surface area contributed by atoms with E-state index < -0.39 is 5.09 Å². The van der Waals surface area contributed by atoms with Crippen molar-refractivity contribution in [3.05, 3.63) is 10.1 Å². The van der Waals surface area contributed by atoms with Gasteiger partial charge in [0.2, 0.25) is 0 Å². The van der Waals surface area contributed by atoms with Gasteiger partial charge in [0.1, 0.15) is 0 Å². The van der Waals surface area contributed by atoms with Crippen LogP contribution < -0.4 is 0 Å². The minimum absolute atomic E-state index is 0. The Balaban J connectivity index is -0.0000000450. The molecule has 46 valence electrons. The maximum absolute atomic E-state index is 8.36. The molecule has 0 aliphatic heterocycles. The third kappa shape index (κ3) is 137. The summed E-state index contributed by atoms with van der Waals surface area (Å²) in [5.41, 5.74) is 0. The van der Waals surface area contributed by atoms with Crippen LogP contribution in [-0.2, 0) is 0 Å². The third-order valence-corrected chi connectivity index (χ3v) is 0. The molecule has 0 heterocycles. The molecule has 0 spiro atoms. The fourth-order valence-electron chi connectivity index (χ4n) is 0. The number of rotatable bonds is 0. The Kier molecular flexibility index (Phi) is 24.4. The van der Waals surface area contributed by atoms with E-state index >= 15 is 0 Å². The molecule has 0 saturated heterocycles. The van der Waals surface area contributed by atoms with E-state index in [1.54, 1.807) is 0 Å². The SMILES string of the molecule is O.O=[N+]([O-])O.[Yb]. The molecule has 6 heavy (non-hydrogen) atoms. The second kappa shape index (κ2) is 9.19. The van der Waals surface area contributed by atoms with E-state index in [2.05, 4.69) is 0 Å². The molecule has 0 aromatic rings. The molecule has 0 aliphatic carbocycles.